The minimum absolute atomic E-state index is 0.0553. The molecule has 0 aromatic heterocycles. The van der Waals surface area contributed by atoms with E-state index in [9.17, 15) is 9.59 Å². The third kappa shape index (κ3) is 4.61. The Morgan fingerprint density at radius 1 is 1.17 bits per heavy atom. The van der Waals surface area contributed by atoms with Gasteiger partial charge in [0.15, 0.2) is 11.5 Å². The SMILES string of the molecule is COC(=O)c1cc(Cl)c2c(c1C)O[C@@](C)(C1CCC(NC(=O)OC(C)(C)C)CC1)O2. The first-order valence-corrected chi connectivity index (χ1v) is 10.6. The lowest BCUT2D eigenvalue weighted by Crippen LogP contribution is -2.48. The minimum Gasteiger partial charge on any atom is -0.465 e. The van der Waals surface area contributed by atoms with Crippen molar-refractivity contribution < 1.29 is 28.5 Å². The number of esters is 1. The summed E-state index contributed by atoms with van der Waals surface area (Å²) in [7, 11) is 1.33. The van der Waals surface area contributed by atoms with E-state index in [1.807, 2.05) is 27.7 Å². The number of amides is 1. The molecule has 0 unspecified atom stereocenters. The summed E-state index contributed by atoms with van der Waals surface area (Å²) in [5.74, 6) is -0.304. The van der Waals surface area contributed by atoms with Crippen LogP contribution in [0.4, 0.5) is 4.79 Å². The van der Waals surface area contributed by atoms with Crippen molar-refractivity contribution in [2.75, 3.05) is 7.11 Å². The van der Waals surface area contributed by atoms with E-state index in [4.69, 9.17) is 30.5 Å². The molecule has 30 heavy (non-hydrogen) atoms. The van der Waals surface area contributed by atoms with Crippen LogP contribution in [0.15, 0.2) is 6.07 Å². The van der Waals surface area contributed by atoms with E-state index in [0.717, 1.165) is 25.7 Å². The third-order valence-electron chi connectivity index (χ3n) is 5.64. The van der Waals surface area contributed by atoms with E-state index < -0.39 is 23.5 Å². The van der Waals surface area contributed by atoms with Crippen molar-refractivity contribution >= 4 is 23.7 Å². The Balaban J connectivity index is 1.67. The smallest absolute Gasteiger partial charge is 0.407 e. The van der Waals surface area contributed by atoms with Gasteiger partial charge in [0, 0.05) is 24.4 Å². The molecular weight excluding hydrogens is 410 g/mol. The Bertz CT molecular complexity index is 841. The first-order valence-electron chi connectivity index (χ1n) is 10.2. The molecule has 1 aromatic carbocycles. The quantitative estimate of drug-likeness (QED) is 0.667. The van der Waals surface area contributed by atoms with Crippen molar-refractivity contribution in [3.05, 3.63) is 22.2 Å². The maximum atomic E-state index is 12.0. The number of hydrogen-bond donors (Lipinski definition) is 1. The maximum Gasteiger partial charge on any atom is 0.407 e. The molecular formula is C22H30ClNO6. The van der Waals surface area contributed by atoms with Gasteiger partial charge < -0.3 is 24.3 Å². The molecule has 7 nitrogen and oxygen atoms in total. The van der Waals surface area contributed by atoms with E-state index in [1.54, 1.807) is 13.0 Å². The number of carbonyl (C=O) groups is 2. The molecule has 0 bridgehead atoms. The third-order valence-corrected chi connectivity index (χ3v) is 5.92. The lowest BCUT2D eigenvalue weighted by atomic mass is 9.81. The van der Waals surface area contributed by atoms with Crippen molar-refractivity contribution in [3.8, 4) is 11.5 Å². The van der Waals surface area contributed by atoms with Gasteiger partial charge in [-0.15, -0.1) is 0 Å². The summed E-state index contributed by atoms with van der Waals surface area (Å²) in [4.78, 5) is 24.1. The monoisotopic (exact) mass is 439 g/mol. The Labute approximate surface area is 182 Å². The molecule has 1 fully saturated rings. The Morgan fingerprint density at radius 2 is 1.77 bits per heavy atom. The van der Waals surface area contributed by atoms with E-state index in [1.165, 1.54) is 7.11 Å². The first kappa shape index (κ1) is 22.5. The molecule has 2 aliphatic rings. The molecule has 0 radical (unpaired) electrons. The van der Waals surface area contributed by atoms with Crippen molar-refractivity contribution in [1.29, 1.82) is 0 Å². The number of methoxy groups -OCH3 is 1. The highest BCUT2D eigenvalue weighted by atomic mass is 35.5. The summed E-state index contributed by atoms with van der Waals surface area (Å²) in [5.41, 5.74) is 0.483. The molecule has 1 aliphatic carbocycles. The van der Waals surface area contributed by atoms with Gasteiger partial charge in [0.1, 0.15) is 5.60 Å². The highest BCUT2D eigenvalue weighted by Gasteiger charge is 2.47. The fourth-order valence-corrected chi connectivity index (χ4v) is 4.30. The normalized spacial score (nSPS) is 25.6. The predicted octanol–water partition coefficient (Wildman–Crippen LogP) is 5.01. The summed E-state index contributed by atoms with van der Waals surface area (Å²) in [6.45, 7) is 9.21. The van der Waals surface area contributed by atoms with Crippen LogP contribution >= 0.6 is 11.6 Å². The molecule has 1 aromatic rings. The number of carbonyl (C=O) groups excluding carboxylic acids is 2. The van der Waals surface area contributed by atoms with Gasteiger partial charge in [0.2, 0.25) is 0 Å². The van der Waals surface area contributed by atoms with Gasteiger partial charge in [-0.1, -0.05) is 11.6 Å². The van der Waals surface area contributed by atoms with Gasteiger partial charge in [-0.2, -0.15) is 0 Å². The summed E-state index contributed by atoms with van der Waals surface area (Å²) < 4.78 is 22.6. The highest BCUT2D eigenvalue weighted by molar-refractivity contribution is 6.32. The van der Waals surface area contributed by atoms with Crippen molar-refractivity contribution in [2.24, 2.45) is 5.92 Å². The fraction of sp³-hybridized carbons (Fsp3) is 0.636. The molecule has 1 aliphatic heterocycles. The lowest BCUT2D eigenvalue weighted by Gasteiger charge is -2.37. The number of benzene rings is 1. The van der Waals surface area contributed by atoms with E-state index in [0.29, 0.717) is 27.6 Å². The van der Waals surface area contributed by atoms with Crippen LogP contribution < -0.4 is 14.8 Å². The number of fused-ring (bicyclic) bond motifs is 1. The maximum absolute atomic E-state index is 12.0. The van der Waals surface area contributed by atoms with Crippen LogP contribution in [-0.2, 0) is 9.47 Å². The van der Waals surface area contributed by atoms with Crippen LogP contribution in [0.3, 0.4) is 0 Å². The second-order valence-corrected chi connectivity index (χ2v) is 9.50. The summed E-state index contributed by atoms with van der Waals surface area (Å²) in [6.07, 6.45) is 2.82. The number of nitrogens with one attached hydrogen (secondary N) is 1. The van der Waals surface area contributed by atoms with Crippen molar-refractivity contribution in [3.63, 3.8) is 0 Å². The molecule has 0 spiro atoms. The van der Waals surface area contributed by atoms with Crippen LogP contribution in [0, 0.1) is 12.8 Å². The number of alkyl carbamates (subject to hydrolysis) is 1. The number of ether oxygens (including phenoxy) is 4. The van der Waals surface area contributed by atoms with E-state index in [-0.39, 0.29) is 12.0 Å². The average Bonchev–Trinajstić information content (AvgIpc) is 3.03. The standard InChI is InChI=1S/C22H30ClNO6/c1-12-15(19(25)27-6)11-16(23)18-17(12)28-22(5,29-18)13-7-9-14(10-8-13)24-20(26)30-21(2,3)4/h11,13-14H,7-10H2,1-6H3,(H,24,26)/t13?,14?,22-/m1/s1. The van der Waals surface area contributed by atoms with Gasteiger partial charge in [-0.05, 0) is 59.4 Å². The van der Waals surface area contributed by atoms with Crippen LogP contribution in [0.1, 0.15) is 69.3 Å². The van der Waals surface area contributed by atoms with E-state index >= 15 is 0 Å². The molecule has 3 rings (SSSR count). The van der Waals surface area contributed by atoms with Crippen molar-refractivity contribution in [2.45, 2.75) is 77.7 Å². The summed E-state index contributed by atoms with van der Waals surface area (Å²) in [6, 6.07) is 1.61. The average molecular weight is 440 g/mol. The van der Waals surface area contributed by atoms with Gasteiger partial charge in [-0.3, -0.25) is 0 Å². The van der Waals surface area contributed by atoms with Gasteiger partial charge in [0.25, 0.3) is 5.79 Å². The van der Waals surface area contributed by atoms with Crippen LogP contribution in [-0.4, -0.2) is 36.6 Å². The number of halogens is 1. The fourth-order valence-electron chi connectivity index (χ4n) is 4.07. The Morgan fingerprint density at radius 3 is 2.33 bits per heavy atom. The molecule has 1 amide bonds. The summed E-state index contributed by atoms with van der Waals surface area (Å²) >= 11 is 6.37. The van der Waals surface area contributed by atoms with Crippen LogP contribution in [0.25, 0.3) is 0 Å². The zero-order valence-electron chi connectivity index (χ0n) is 18.4. The zero-order chi connectivity index (χ0) is 22.3. The van der Waals surface area contributed by atoms with Crippen molar-refractivity contribution in [1.82, 2.24) is 5.32 Å². The highest BCUT2D eigenvalue weighted by Crippen LogP contribution is 2.51. The lowest BCUT2D eigenvalue weighted by molar-refractivity contribution is -0.121. The second-order valence-electron chi connectivity index (χ2n) is 9.10. The zero-order valence-corrected chi connectivity index (χ0v) is 19.1. The first-order chi connectivity index (χ1) is 13.9. The molecule has 8 heteroatoms. The minimum atomic E-state index is -0.887. The molecule has 1 saturated carbocycles. The van der Waals surface area contributed by atoms with E-state index in [2.05, 4.69) is 5.32 Å². The predicted molar refractivity (Wildman–Crippen MR) is 112 cm³/mol. The van der Waals surface area contributed by atoms with Crippen LogP contribution in [0.5, 0.6) is 11.5 Å². The van der Waals surface area contributed by atoms with Gasteiger partial charge in [0.05, 0.1) is 17.7 Å². The largest absolute Gasteiger partial charge is 0.465 e. The Kier molecular flexibility index (Phi) is 6.14. The summed E-state index contributed by atoms with van der Waals surface area (Å²) in [5, 5.41) is 3.26. The Hall–Kier alpha value is -2.15. The molecule has 1 heterocycles. The number of rotatable bonds is 3. The topological polar surface area (TPSA) is 83.1 Å². The molecule has 1 atom stereocenters. The van der Waals surface area contributed by atoms with Crippen LogP contribution in [0.2, 0.25) is 5.02 Å². The molecule has 166 valence electrons. The molecule has 0 saturated heterocycles. The molecule has 1 N–H and O–H groups in total. The second kappa shape index (κ2) is 8.17. The van der Waals surface area contributed by atoms with Gasteiger partial charge >= 0.3 is 12.1 Å². The number of hydrogen-bond acceptors (Lipinski definition) is 6. The van der Waals surface area contributed by atoms with Gasteiger partial charge in [-0.25, -0.2) is 9.59 Å².